The second-order valence-corrected chi connectivity index (χ2v) is 16.3. The van der Waals surface area contributed by atoms with Gasteiger partial charge in [-0.25, -0.2) is 0 Å². The summed E-state index contributed by atoms with van der Waals surface area (Å²) in [4.78, 5) is 0. The molecule has 0 bridgehead atoms. The monoisotopic (exact) mass is 550 g/mol. The highest BCUT2D eigenvalue weighted by Gasteiger charge is 2.06. The molecule has 2 nitrogen and oxygen atoms in total. The molecule has 1 rings (SSSR count). The number of unbranched alkanes of at least 4 members (excludes halogenated alkanes) is 12. The van der Waals surface area contributed by atoms with E-state index >= 15 is 0 Å². The Morgan fingerprint density at radius 2 is 0.848 bits per heavy atom. The smallest absolute Gasteiger partial charge is 0.130 e. The Kier molecular flexibility index (Phi) is 22.6. The summed E-state index contributed by atoms with van der Waals surface area (Å²) in [6.07, 6.45) is 22.4. The van der Waals surface area contributed by atoms with Gasteiger partial charge in [0.1, 0.15) is 0 Å². The topological polar surface area (TPSA) is 25.8 Å². The zero-order valence-electron chi connectivity index (χ0n) is 21.8. The molecule has 0 saturated heterocycles. The molecule has 7 heteroatoms. The number of hydrogen-bond acceptors (Lipinski definition) is 7. The van der Waals surface area contributed by atoms with E-state index < -0.39 is 0 Å². The summed E-state index contributed by atoms with van der Waals surface area (Å²) in [5.74, 6) is 4.20. The number of aromatic nitrogens is 2. The second kappa shape index (κ2) is 23.4. The largest absolute Gasteiger partial charge is 0.185 e. The van der Waals surface area contributed by atoms with Crippen LogP contribution in [-0.4, -0.2) is 21.7 Å². The highest BCUT2D eigenvalue weighted by atomic mass is 33.1. The molecule has 0 atom stereocenters. The number of rotatable bonds is 24. The van der Waals surface area contributed by atoms with Gasteiger partial charge >= 0.3 is 0 Å². The van der Waals surface area contributed by atoms with Crippen LogP contribution >= 0.6 is 54.5 Å². The third-order valence-electron chi connectivity index (χ3n) is 5.67. The first-order valence-electron chi connectivity index (χ1n) is 13.5. The fourth-order valence-electron chi connectivity index (χ4n) is 3.64. The van der Waals surface area contributed by atoms with E-state index in [1.807, 2.05) is 43.2 Å². The van der Waals surface area contributed by atoms with Gasteiger partial charge in [0, 0.05) is 11.5 Å². The molecule has 0 aliphatic rings. The van der Waals surface area contributed by atoms with Crippen LogP contribution < -0.4 is 0 Å². The summed E-state index contributed by atoms with van der Waals surface area (Å²) in [5.41, 5.74) is 0. The molecule has 0 unspecified atom stereocenters. The van der Waals surface area contributed by atoms with E-state index in [0.717, 1.165) is 20.5 Å². The molecule has 33 heavy (non-hydrogen) atoms. The van der Waals surface area contributed by atoms with Crippen molar-refractivity contribution in [3.8, 4) is 0 Å². The predicted molar refractivity (Wildman–Crippen MR) is 160 cm³/mol. The summed E-state index contributed by atoms with van der Waals surface area (Å²) >= 11 is 1.76. The normalized spacial score (nSPS) is 11.8. The SMILES string of the molecule is CC(C)CCCCCCCCCSSc1nnc(SSCCCCCCCCCC(C)C)s1. The van der Waals surface area contributed by atoms with Gasteiger partial charge in [0.15, 0.2) is 8.68 Å². The van der Waals surface area contributed by atoms with E-state index in [9.17, 15) is 0 Å². The molecule has 1 aromatic heterocycles. The second-order valence-electron chi connectivity index (χ2n) is 9.96. The van der Waals surface area contributed by atoms with Crippen LogP contribution in [0.15, 0.2) is 8.68 Å². The lowest BCUT2D eigenvalue weighted by Gasteiger charge is -2.04. The maximum absolute atomic E-state index is 4.36. The summed E-state index contributed by atoms with van der Waals surface area (Å²) < 4.78 is 2.23. The van der Waals surface area contributed by atoms with Gasteiger partial charge in [-0.3, -0.25) is 0 Å². The van der Waals surface area contributed by atoms with Crippen LogP contribution in [0.1, 0.15) is 130 Å². The fourth-order valence-corrected chi connectivity index (χ4v) is 9.51. The van der Waals surface area contributed by atoms with Crippen LogP contribution in [0.25, 0.3) is 0 Å². The molecular formula is C26H50N2S5. The van der Waals surface area contributed by atoms with E-state index in [4.69, 9.17) is 0 Å². The summed E-state index contributed by atoms with van der Waals surface area (Å²) in [5, 5.41) is 8.71. The molecule has 0 aromatic carbocycles. The first kappa shape index (κ1) is 32.0. The Labute approximate surface area is 226 Å². The number of hydrogen-bond donors (Lipinski definition) is 0. The van der Waals surface area contributed by atoms with Gasteiger partial charge in [0.2, 0.25) is 0 Å². The predicted octanol–water partition coefficient (Wildman–Crippen LogP) is 11.6. The van der Waals surface area contributed by atoms with E-state index in [1.165, 1.54) is 114 Å². The molecule has 0 N–H and O–H groups in total. The van der Waals surface area contributed by atoms with Crippen molar-refractivity contribution < 1.29 is 0 Å². The summed E-state index contributed by atoms with van der Waals surface area (Å²) in [7, 11) is 7.53. The minimum absolute atomic E-state index is 0.870. The van der Waals surface area contributed by atoms with Crippen LogP contribution in [0.5, 0.6) is 0 Å². The average molecular weight is 551 g/mol. The Morgan fingerprint density at radius 1 is 0.515 bits per heavy atom. The third kappa shape index (κ3) is 21.9. The standard InChI is InChI=1S/C26H50N2S5/c1-23(2)19-15-11-7-5-9-13-17-21-29-32-25-27-28-26(31-25)33-30-22-18-14-10-6-8-12-16-20-24(3)4/h23-24H,5-22H2,1-4H3. The van der Waals surface area contributed by atoms with E-state index in [1.54, 1.807) is 11.3 Å². The van der Waals surface area contributed by atoms with Crippen LogP contribution in [0.3, 0.4) is 0 Å². The van der Waals surface area contributed by atoms with E-state index in [-0.39, 0.29) is 0 Å². The van der Waals surface area contributed by atoms with Crippen molar-refractivity contribution >= 4 is 54.5 Å². The lowest BCUT2D eigenvalue weighted by Crippen LogP contribution is -1.87. The van der Waals surface area contributed by atoms with Crippen LogP contribution in [0.2, 0.25) is 0 Å². The molecule has 0 aliphatic heterocycles. The maximum Gasteiger partial charge on any atom is 0.185 e. The van der Waals surface area contributed by atoms with E-state index in [0.29, 0.717) is 0 Å². The van der Waals surface area contributed by atoms with Crippen molar-refractivity contribution in [2.45, 2.75) is 139 Å². The molecule has 0 amide bonds. The maximum atomic E-state index is 4.36. The first-order valence-corrected chi connectivity index (χ1v) is 19.0. The van der Waals surface area contributed by atoms with Gasteiger partial charge < -0.3 is 0 Å². The van der Waals surface area contributed by atoms with Gasteiger partial charge in [0.25, 0.3) is 0 Å². The van der Waals surface area contributed by atoms with Crippen molar-refractivity contribution in [2.24, 2.45) is 11.8 Å². The molecule has 1 heterocycles. The molecule has 194 valence electrons. The van der Waals surface area contributed by atoms with Crippen molar-refractivity contribution in [1.82, 2.24) is 10.2 Å². The van der Waals surface area contributed by atoms with Gasteiger partial charge in [0.05, 0.1) is 0 Å². The quantitative estimate of drug-likeness (QED) is 0.0937. The lowest BCUT2D eigenvalue weighted by molar-refractivity contribution is 0.511. The molecule has 0 spiro atoms. The average Bonchev–Trinajstić information content (AvgIpc) is 3.23. The van der Waals surface area contributed by atoms with Crippen LogP contribution in [0.4, 0.5) is 0 Å². The number of nitrogens with zero attached hydrogens (tertiary/aromatic N) is 2. The van der Waals surface area contributed by atoms with Crippen molar-refractivity contribution in [3.05, 3.63) is 0 Å². The highest BCUT2D eigenvalue weighted by Crippen LogP contribution is 2.39. The molecule has 0 aliphatic carbocycles. The summed E-state index contributed by atoms with van der Waals surface area (Å²) in [6, 6.07) is 0. The minimum Gasteiger partial charge on any atom is -0.130 e. The lowest BCUT2D eigenvalue weighted by atomic mass is 10.0. The van der Waals surface area contributed by atoms with Crippen molar-refractivity contribution in [3.63, 3.8) is 0 Å². The van der Waals surface area contributed by atoms with Gasteiger partial charge in [-0.05, 0) is 46.3 Å². The molecule has 0 radical (unpaired) electrons. The zero-order valence-corrected chi connectivity index (χ0v) is 25.9. The highest BCUT2D eigenvalue weighted by molar-refractivity contribution is 8.77. The van der Waals surface area contributed by atoms with Crippen molar-refractivity contribution in [1.29, 1.82) is 0 Å². The van der Waals surface area contributed by atoms with Gasteiger partial charge in [-0.15, -0.1) is 10.2 Å². The molecular weight excluding hydrogens is 501 g/mol. The Balaban J connectivity index is 1.85. The minimum atomic E-state index is 0.870. The van der Waals surface area contributed by atoms with Crippen molar-refractivity contribution in [2.75, 3.05) is 11.5 Å². The van der Waals surface area contributed by atoms with Crippen LogP contribution in [-0.2, 0) is 0 Å². The Morgan fingerprint density at radius 3 is 1.21 bits per heavy atom. The zero-order chi connectivity index (χ0) is 24.0. The van der Waals surface area contributed by atoms with E-state index in [2.05, 4.69) is 37.9 Å². The summed E-state index contributed by atoms with van der Waals surface area (Å²) in [6.45, 7) is 9.32. The fraction of sp³-hybridized carbons (Fsp3) is 0.923. The third-order valence-corrected chi connectivity index (χ3v) is 12.1. The molecule has 0 saturated carbocycles. The Bertz CT molecular complexity index is 492. The molecule has 0 fully saturated rings. The Hall–Kier alpha value is 0.960. The van der Waals surface area contributed by atoms with Gasteiger partial charge in [-0.1, -0.05) is 151 Å². The van der Waals surface area contributed by atoms with Crippen LogP contribution in [0, 0.1) is 11.8 Å². The molecule has 1 aromatic rings. The first-order chi connectivity index (χ1) is 16.1. The van der Waals surface area contributed by atoms with Gasteiger partial charge in [-0.2, -0.15) is 0 Å².